The first-order valence-electron chi connectivity index (χ1n) is 0.267. The van der Waals surface area contributed by atoms with Gasteiger partial charge in [0.25, 0.3) is 0 Å². The van der Waals surface area contributed by atoms with Gasteiger partial charge in [0.15, 0.2) is 0 Å². The van der Waals surface area contributed by atoms with E-state index in [-0.39, 0.29) is 30.1 Å². The molecule has 0 aromatic carbocycles. The average molecular weight is 208 g/mol. The molecule has 0 nitrogen and oxygen atoms in total. The van der Waals surface area contributed by atoms with Crippen LogP contribution in [0.2, 0.25) is 0 Å². The Morgan fingerprint density at radius 3 is 1.25 bits per heavy atom. The second-order valence-electron chi connectivity index (χ2n) is 0.0505. The molecule has 30 valence electrons. The molecule has 0 aliphatic carbocycles. The van der Waals surface area contributed by atoms with Crippen molar-refractivity contribution in [2.45, 2.75) is 0 Å². The van der Waals surface area contributed by atoms with Gasteiger partial charge in [-0.3, -0.25) is 0 Å². The molecule has 0 unspecified atom stereocenters. The Kier molecular flexibility index (Phi) is 20.1. The zero-order valence-corrected chi connectivity index (χ0v) is 5.85. The summed E-state index contributed by atoms with van der Waals surface area (Å²) < 4.78 is 0. The minimum atomic E-state index is 0. The zero-order valence-electron chi connectivity index (χ0n) is 1.52. The SMILES string of the molecule is Br.[Cl][Fe][Cl]. The molecule has 0 fully saturated rings. The van der Waals surface area contributed by atoms with Gasteiger partial charge in [-0.1, -0.05) is 0 Å². The first-order valence-corrected chi connectivity index (χ1v) is 3.31. The van der Waals surface area contributed by atoms with Crippen LogP contribution in [0.1, 0.15) is 0 Å². The molecule has 0 saturated heterocycles. The molecule has 4 heteroatoms. The van der Waals surface area contributed by atoms with Gasteiger partial charge in [-0.2, -0.15) is 0 Å². The molecule has 0 radical (unpaired) electrons. The number of hydrogen-bond acceptors (Lipinski definition) is 0. The summed E-state index contributed by atoms with van der Waals surface area (Å²) in [6.45, 7) is 0. The second kappa shape index (κ2) is 8.82. The third-order valence-corrected chi connectivity index (χ3v) is 0. The standard InChI is InChI=1S/BrH.2ClH.Fe/h3*1H;/q;;;+2/p-2. The van der Waals surface area contributed by atoms with Gasteiger partial charge in [0.05, 0.1) is 0 Å². The molecule has 0 heterocycles. The molecule has 4 heavy (non-hydrogen) atoms. The third-order valence-electron chi connectivity index (χ3n) is 0. The van der Waals surface area contributed by atoms with E-state index in [4.69, 9.17) is 20.2 Å². The molecule has 0 N–H and O–H groups in total. The van der Waals surface area contributed by atoms with E-state index in [9.17, 15) is 0 Å². The minimum absolute atomic E-state index is 0. The summed E-state index contributed by atoms with van der Waals surface area (Å²) in [6, 6.07) is 0. The fourth-order valence-electron chi connectivity index (χ4n) is 0. The summed E-state index contributed by atoms with van der Waals surface area (Å²) >= 11 is 0.194. The Labute approximate surface area is 50.2 Å². The van der Waals surface area contributed by atoms with Crippen molar-refractivity contribution in [3.63, 3.8) is 0 Å². The van der Waals surface area contributed by atoms with E-state index in [1.807, 2.05) is 0 Å². The molecule has 0 rings (SSSR count). The first kappa shape index (κ1) is 9.13. The van der Waals surface area contributed by atoms with Crippen LogP contribution < -0.4 is 0 Å². The maximum atomic E-state index is 4.76. The van der Waals surface area contributed by atoms with Crippen molar-refractivity contribution in [3.05, 3.63) is 0 Å². The normalized spacial score (nSPS) is 5.50. The van der Waals surface area contributed by atoms with Gasteiger partial charge in [0.1, 0.15) is 0 Å². The van der Waals surface area contributed by atoms with Crippen LogP contribution >= 0.6 is 37.2 Å². The third kappa shape index (κ3) is 9.55. The molecule has 0 aliphatic rings. The Bertz CT molecular complexity index is 6.00. The molecule has 0 aromatic rings. The van der Waals surface area contributed by atoms with Gasteiger partial charge in [-0.25, -0.2) is 0 Å². The summed E-state index contributed by atoms with van der Waals surface area (Å²) in [6.07, 6.45) is 0. The summed E-state index contributed by atoms with van der Waals surface area (Å²) in [4.78, 5) is 0. The zero-order chi connectivity index (χ0) is 2.71. The van der Waals surface area contributed by atoms with Crippen molar-refractivity contribution in [2.24, 2.45) is 0 Å². The molecule has 0 spiro atoms. The molecule has 0 saturated carbocycles. The average Bonchev–Trinajstić information content (AvgIpc) is 0.918. The quantitative estimate of drug-likeness (QED) is 0.533. The van der Waals surface area contributed by atoms with Crippen molar-refractivity contribution in [2.75, 3.05) is 0 Å². The van der Waals surface area contributed by atoms with Crippen molar-refractivity contribution in [3.8, 4) is 0 Å². The first-order chi connectivity index (χ1) is 1.41. The van der Waals surface area contributed by atoms with E-state index >= 15 is 0 Å². The topological polar surface area (TPSA) is 0 Å². The molecule has 0 aromatic heterocycles. The van der Waals surface area contributed by atoms with Crippen molar-refractivity contribution >= 4 is 37.2 Å². The van der Waals surface area contributed by atoms with Crippen LogP contribution in [-0.4, -0.2) is 0 Å². The Hall–Kier alpha value is 1.58. The summed E-state index contributed by atoms with van der Waals surface area (Å²) in [5, 5.41) is 0. The molecule has 0 atom stereocenters. The number of rotatable bonds is 0. The number of halogens is 3. The van der Waals surface area contributed by atoms with Crippen molar-refractivity contribution in [1.82, 2.24) is 0 Å². The molecular weight excluding hydrogens is 207 g/mol. The van der Waals surface area contributed by atoms with Crippen LogP contribution in [0.4, 0.5) is 0 Å². The number of hydrogen-bond donors (Lipinski definition) is 0. The van der Waals surface area contributed by atoms with E-state index in [1.165, 1.54) is 0 Å². The van der Waals surface area contributed by atoms with E-state index in [0.29, 0.717) is 0 Å². The predicted octanol–water partition coefficient (Wildman–Crippen LogP) is 1.95. The van der Waals surface area contributed by atoms with E-state index in [1.54, 1.807) is 0 Å². The Balaban J connectivity index is 0. The van der Waals surface area contributed by atoms with Gasteiger partial charge in [0, 0.05) is 0 Å². The van der Waals surface area contributed by atoms with Gasteiger partial charge >= 0.3 is 33.3 Å². The fourth-order valence-corrected chi connectivity index (χ4v) is 0. The summed E-state index contributed by atoms with van der Waals surface area (Å²) in [5.41, 5.74) is 0. The Morgan fingerprint density at radius 2 is 1.25 bits per heavy atom. The molecular formula is HBrCl2Fe. The van der Waals surface area contributed by atoms with Crippen LogP contribution in [0.3, 0.4) is 0 Å². The maximum absolute atomic E-state index is 4.76. The van der Waals surface area contributed by atoms with E-state index < -0.39 is 0 Å². The van der Waals surface area contributed by atoms with Gasteiger partial charge < -0.3 is 0 Å². The van der Waals surface area contributed by atoms with Crippen LogP contribution in [0.25, 0.3) is 0 Å². The van der Waals surface area contributed by atoms with Crippen molar-refractivity contribution < 1.29 is 13.1 Å². The van der Waals surface area contributed by atoms with E-state index in [0.717, 1.165) is 0 Å². The molecule has 0 amide bonds. The van der Waals surface area contributed by atoms with Crippen LogP contribution in [-0.2, 0) is 13.1 Å². The fraction of sp³-hybridized carbons (Fsp3) is 0. The monoisotopic (exact) mass is 206 g/mol. The van der Waals surface area contributed by atoms with Gasteiger partial charge in [-0.05, 0) is 0 Å². The van der Waals surface area contributed by atoms with Gasteiger partial charge in [-0.15, -0.1) is 17.0 Å². The van der Waals surface area contributed by atoms with Crippen LogP contribution in [0.5, 0.6) is 0 Å². The van der Waals surface area contributed by atoms with Gasteiger partial charge in [0.2, 0.25) is 0 Å². The Morgan fingerprint density at radius 1 is 1.25 bits per heavy atom. The summed E-state index contributed by atoms with van der Waals surface area (Å²) in [5.74, 6) is 0. The van der Waals surface area contributed by atoms with Crippen molar-refractivity contribution in [1.29, 1.82) is 0 Å². The predicted molar refractivity (Wildman–Crippen MR) is 22.0 cm³/mol. The summed E-state index contributed by atoms with van der Waals surface area (Å²) in [7, 11) is 9.53. The van der Waals surface area contributed by atoms with Crippen LogP contribution in [0, 0.1) is 0 Å². The molecule has 0 aliphatic heterocycles. The van der Waals surface area contributed by atoms with Crippen LogP contribution in [0.15, 0.2) is 0 Å². The second-order valence-corrected chi connectivity index (χ2v) is 1.87. The van der Waals surface area contributed by atoms with E-state index in [2.05, 4.69) is 0 Å². The molecule has 0 bridgehead atoms.